The molecule has 0 spiro atoms. The molecule has 1 amide bonds. The van der Waals surface area contributed by atoms with Crippen LogP contribution in [0.25, 0.3) is 9.40 Å². The lowest BCUT2D eigenvalue weighted by molar-refractivity contribution is 0.0179. The standard InChI is InChI=1S/C15H20N2O2S2/c1-15(2,19)10-16-4-6-17(7-5-16)14(18)13-9-12-11(21-13)3-8-20-12/h3,8-9,19H,4-7,10H2,1-2H3. The molecule has 3 heterocycles. The van der Waals surface area contributed by atoms with Gasteiger partial charge >= 0.3 is 0 Å². The van der Waals surface area contributed by atoms with E-state index < -0.39 is 5.60 Å². The lowest BCUT2D eigenvalue weighted by Crippen LogP contribution is -2.51. The molecular weight excluding hydrogens is 304 g/mol. The van der Waals surface area contributed by atoms with Crippen molar-refractivity contribution in [2.45, 2.75) is 19.4 Å². The smallest absolute Gasteiger partial charge is 0.264 e. The van der Waals surface area contributed by atoms with Gasteiger partial charge in [-0.25, -0.2) is 0 Å². The molecule has 2 aromatic heterocycles. The number of carbonyl (C=O) groups is 1. The summed E-state index contributed by atoms with van der Waals surface area (Å²) >= 11 is 3.26. The Morgan fingerprint density at radius 1 is 1.29 bits per heavy atom. The van der Waals surface area contributed by atoms with Crippen LogP contribution < -0.4 is 0 Å². The van der Waals surface area contributed by atoms with Crippen molar-refractivity contribution in [2.75, 3.05) is 32.7 Å². The molecule has 114 valence electrons. The van der Waals surface area contributed by atoms with Crippen LogP contribution in [0.15, 0.2) is 17.5 Å². The maximum atomic E-state index is 12.5. The Morgan fingerprint density at radius 2 is 2.00 bits per heavy atom. The minimum atomic E-state index is -0.676. The molecule has 6 heteroatoms. The summed E-state index contributed by atoms with van der Waals surface area (Å²) in [7, 11) is 0. The normalized spacial score (nSPS) is 17.6. The lowest BCUT2D eigenvalue weighted by Gasteiger charge is -2.37. The van der Waals surface area contributed by atoms with Gasteiger partial charge in [0, 0.05) is 42.1 Å². The van der Waals surface area contributed by atoms with E-state index in [1.54, 1.807) is 22.7 Å². The van der Waals surface area contributed by atoms with Gasteiger partial charge in [0.15, 0.2) is 0 Å². The number of hydrogen-bond acceptors (Lipinski definition) is 5. The maximum absolute atomic E-state index is 12.5. The number of rotatable bonds is 3. The van der Waals surface area contributed by atoms with E-state index in [1.165, 1.54) is 9.40 Å². The van der Waals surface area contributed by atoms with Gasteiger partial charge in [-0.3, -0.25) is 9.69 Å². The zero-order valence-corrected chi connectivity index (χ0v) is 14.0. The van der Waals surface area contributed by atoms with Crippen LogP contribution in [0.4, 0.5) is 0 Å². The molecule has 0 bridgehead atoms. The fraction of sp³-hybridized carbons (Fsp3) is 0.533. The van der Waals surface area contributed by atoms with Crippen molar-refractivity contribution in [1.29, 1.82) is 0 Å². The molecule has 4 nitrogen and oxygen atoms in total. The Morgan fingerprint density at radius 3 is 2.62 bits per heavy atom. The third kappa shape index (κ3) is 3.45. The second-order valence-electron chi connectivity index (χ2n) is 6.14. The Hall–Kier alpha value is -0.950. The van der Waals surface area contributed by atoms with Crippen molar-refractivity contribution >= 4 is 38.0 Å². The molecule has 2 aromatic rings. The summed E-state index contributed by atoms with van der Waals surface area (Å²) < 4.78 is 2.40. The third-order valence-corrected chi connectivity index (χ3v) is 5.70. The predicted molar refractivity (Wildman–Crippen MR) is 88.3 cm³/mol. The first-order valence-corrected chi connectivity index (χ1v) is 8.83. The molecule has 1 fully saturated rings. The predicted octanol–water partition coefficient (Wildman–Crippen LogP) is 2.49. The zero-order valence-electron chi connectivity index (χ0n) is 12.3. The van der Waals surface area contributed by atoms with Gasteiger partial charge in [-0.15, -0.1) is 22.7 Å². The van der Waals surface area contributed by atoms with E-state index in [4.69, 9.17) is 0 Å². The third-order valence-electron chi connectivity index (χ3n) is 3.62. The van der Waals surface area contributed by atoms with E-state index in [2.05, 4.69) is 16.3 Å². The molecule has 3 rings (SSSR count). The van der Waals surface area contributed by atoms with Crippen LogP contribution in [0, 0.1) is 0 Å². The quantitative estimate of drug-likeness (QED) is 0.943. The van der Waals surface area contributed by atoms with Crippen molar-refractivity contribution in [3.8, 4) is 0 Å². The highest BCUT2D eigenvalue weighted by Crippen LogP contribution is 2.30. The van der Waals surface area contributed by atoms with E-state index in [-0.39, 0.29) is 5.91 Å². The highest BCUT2D eigenvalue weighted by Gasteiger charge is 2.26. The summed E-state index contributed by atoms with van der Waals surface area (Å²) in [5.74, 6) is 0.145. The highest BCUT2D eigenvalue weighted by molar-refractivity contribution is 7.27. The van der Waals surface area contributed by atoms with Gasteiger partial charge < -0.3 is 10.0 Å². The van der Waals surface area contributed by atoms with E-state index in [1.807, 2.05) is 24.8 Å². The van der Waals surface area contributed by atoms with E-state index in [9.17, 15) is 9.90 Å². The van der Waals surface area contributed by atoms with Crippen molar-refractivity contribution in [1.82, 2.24) is 9.80 Å². The zero-order chi connectivity index (χ0) is 15.0. The van der Waals surface area contributed by atoms with E-state index >= 15 is 0 Å². The summed E-state index contributed by atoms with van der Waals surface area (Å²) in [5, 5.41) is 11.9. The Bertz CT molecular complexity index is 605. The van der Waals surface area contributed by atoms with Crippen LogP contribution >= 0.6 is 22.7 Å². The van der Waals surface area contributed by atoms with Crippen LogP contribution in [-0.2, 0) is 0 Å². The molecule has 0 saturated carbocycles. The van der Waals surface area contributed by atoms with E-state index in [0.717, 1.165) is 31.1 Å². The number of fused-ring (bicyclic) bond motifs is 1. The van der Waals surface area contributed by atoms with Crippen molar-refractivity contribution in [3.63, 3.8) is 0 Å². The van der Waals surface area contributed by atoms with Gasteiger partial charge in [-0.05, 0) is 31.4 Å². The first-order chi connectivity index (χ1) is 9.92. The topological polar surface area (TPSA) is 43.8 Å². The van der Waals surface area contributed by atoms with Gasteiger partial charge in [0.2, 0.25) is 0 Å². The van der Waals surface area contributed by atoms with Crippen LogP contribution in [0.5, 0.6) is 0 Å². The molecule has 21 heavy (non-hydrogen) atoms. The van der Waals surface area contributed by atoms with Crippen LogP contribution in [0.1, 0.15) is 23.5 Å². The first-order valence-electron chi connectivity index (χ1n) is 7.13. The first kappa shape index (κ1) is 15.0. The van der Waals surface area contributed by atoms with Gasteiger partial charge in [-0.1, -0.05) is 0 Å². The largest absolute Gasteiger partial charge is 0.389 e. The van der Waals surface area contributed by atoms with Crippen molar-refractivity contribution in [2.24, 2.45) is 0 Å². The fourth-order valence-corrected chi connectivity index (χ4v) is 4.76. The second kappa shape index (κ2) is 5.68. The van der Waals surface area contributed by atoms with Crippen LogP contribution in [-0.4, -0.2) is 59.1 Å². The second-order valence-corrected chi connectivity index (χ2v) is 8.17. The molecule has 0 radical (unpaired) electrons. The minimum absolute atomic E-state index is 0.145. The lowest BCUT2D eigenvalue weighted by atomic mass is 10.1. The summed E-state index contributed by atoms with van der Waals surface area (Å²) in [5.41, 5.74) is -0.676. The molecule has 1 N–H and O–H groups in total. The summed E-state index contributed by atoms with van der Waals surface area (Å²) in [4.78, 5) is 17.5. The Labute approximate surface area is 132 Å². The molecule has 0 aliphatic carbocycles. The molecule has 0 aromatic carbocycles. The Kier molecular flexibility index (Phi) is 4.05. The number of amides is 1. The Balaban J connectivity index is 1.61. The molecule has 1 saturated heterocycles. The van der Waals surface area contributed by atoms with Crippen LogP contribution in [0.3, 0.4) is 0 Å². The summed E-state index contributed by atoms with van der Waals surface area (Å²) in [6.07, 6.45) is 0. The van der Waals surface area contributed by atoms with Gasteiger partial charge in [0.1, 0.15) is 0 Å². The molecule has 0 unspecified atom stereocenters. The molecule has 0 atom stereocenters. The van der Waals surface area contributed by atoms with Crippen molar-refractivity contribution < 1.29 is 9.90 Å². The SMILES string of the molecule is CC(C)(O)CN1CCN(C(=O)c2cc3sccc3s2)CC1. The van der Waals surface area contributed by atoms with Gasteiger partial charge in [0.25, 0.3) is 5.91 Å². The number of hydrogen-bond donors (Lipinski definition) is 1. The van der Waals surface area contributed by atoms with Crippen molar-refractivity contribution in [3.05, 3.63) is 22.4 Å². The number of aliphatic hydroxyl groups is 1. The molecular formula is C15H20N2O2S2. The van der Waals surface area contributed by atoms with Gasteiger partial charge in [-0.2, -0.15) is 0 Å². The number of nitrogens with zero attached hydrogens (tertiary/aromatic N) is 2. The highest BCUT2D eigenvalue weighted by atomic mass is 32.1. The summed E-state index contributed by atoms with van der Waals surface area (Å²) in [6.45, 7) is 7.43. The monoisotopic (exact) mass is 324 g/mol. The number of piperazine rings is 1. The summed E-state index contributed by atoms with van der Waals surface area (Å²) in [6, 6.07) is 4.08. The number of thiophene rings is 2. The molecule has 1 aliphatic heterocycles. The average molecular weight is 324 g/mol. The fourth-order valence-electron chi connectivity index (χ4n) is 2.68. The number of carbonyl (C=O) groups excluding carboxylic acids is 1. The number of β-amino-alcohol motifs (C(OH)–C–C–N with tert-alkyl or cyclic N) is 1. The van der Waals surface area contributed by atoms with Crippen LogP contribution in [0.2, 0.25) is 0 Å². The maximum Gasteiger partial charge on any atom is 0.264 e. The average Bonchev–Trinajstić information content (AvgIpc) is 2.97. The minimum Gasteiger partial charge on any atom is -0.389 e. The molecule has 1 aliphatic rings. The van der Waals surface area contributed by atoms with E-state index in [0.29, 0.717) is 6.54 Å². The van der Waals surface area contributed by atoms with Gasteiger partial charge in [0.05, 0.1) is 10.5 Å².